The Labute approximate surface area is 222 Å². The fraction of sp³-hybridized carbons (Fsp3) is 0.452. The summed E-state index contributed by atoms with van der Waals surface area (Å²) in [4.78, 5) is 28.3. The summed E-state index contributed by atoms with van der Waals surface area (Å²) in [5.41, 5.74) is 4.45. The Morgan fingerprint density at radius 3 is 2.03 bits per heavy atom. The number of carbonyl (C=O) groups excluding carboxylic acids is 2. The Hall–Kier alpha value is -3.41. The molecule has 0 atom stereocenters. The zero-order valence-corrected chi connectivity index (χ0v) is 23.8. The van der Waals surface area contributed by atoms with E-state index in [1.807, 2.05) is 75.4 Å². The van der Waals surface area contributed by atoms with E-state index in [-0.39, 0.29) is 35.1 Å². The normalized spacial score (nSPS) is 12.1. The molecule has 0 aliphatic heterocycles. The first-order valence-corrected chi connectivity index (χ1v) is 13.0. The van der Waals surface area contributed by atoms with Crippen LogP contribution in [-0.2, 0) is 15.6 Å². The van der Waals surface area contributed by atoms with Gasteiger partial charge in [0.2, 0.25) is 5.91 Å². The summed E-state index contributed by atoms with van der Waals surface area (Å²) in [6, 6.07) is 17.6. The predicted molar refractivity (Wildman–Crippen MR) is 152 cm³/mol. The Bertz CT molecular complexity index is 1220. The molecule has 198 valence electrons. The third-order valence-electron chi connectivity index (χ3n) is 6.23. The van der Waals surface area contributed by atoms with Gasteiger partial charge in [0, 0.05) is 23.6 Å². The molecule has 1 aromatic heterocycles. The van der Waals surface area contributed by atoms with Crippen LogP contribution in [0.2, 0.25) is 0 Å². The Morgan fingerprint density at radius 1 is 0.919 bits per heavy atom. The van der Waals surface area contributed by atoms with Gasteiger partial charge in [-0.05, 0) is 48.1 Å². The van der Waals surface area contributed by atoms with Gasteiger partial charge in [0.15, 0.2) is 0 Å². The van der Waals surface area contributed by atoms with Crippen molar-refractivity contribution in [2.75, 3.05) is 18.4 Å². The Kier molecular flexibility index (Phi) is 8.31. The smallest absolute Gasteiger partial charge is 0.254 e. The van der Waals surface area contributed by atoms with Crippen LogP contribution in [0.25, 0.3) is 5.69 Å². The molecular formula is C31H42N4O2. The first kappa shape index (κ1) is 28.2. The van der Waals surface area contributed by atoms with Gasteiger partial charge in [-0.3, -0.25) is 9.59 Å². The van der Waals surface area contributed by atoms with Crippen LogP contribution in [0.5, 0.6) is 0 Å². The molecule has 0 fully saturated rings. The van der Waals surface area contributed by atoms with Gasteiger partial charge in [0.1, 0.15) is 12.4 Å². The van der Waals surface area contributed by atoms with E-state index in [9.17, 15) is 9.59 Å². The van der Waals surface area contributed by atoms with Gasteiger partial charge in [-0.25, -0.2) is 4.68 Å². The van der Waals surface area contributed by atoms with E-state index < -0.39 is 0 Å². The summed E-state index contributed by atoms with van der Waals surface area (Å²) in [5.74, 6) is 0.405. The molecule has 0 aliphatic carbocycles. The minimum absolute atomic E-state index is 0.00535. The zero-order chi connectivity index (χ0) is 27.5. The van der Waals surface area contributed by atoms with Gasteiger partial charge in [0.25, 0.3) is 5.91 Å². The van der Waals surface area contributed by atoms with Crippen molar-refractivity contribution >= 4 is 17.6 Å². The van der Waals surface area contributed by atoms with E-state index in [0.717, 1.165) is 22.5 Å². The highest BCUT2D eigenvalue weighted by atomic mass is 16.2. The maximum absolute atomic E-state index is 13.4. The van der Waals surface area contributed by atoms with Crippen LogP contribution in [0.1, 0.15) is 82.6 Å². The highest BCUT2D eigenvalue weighted by molar-refractivity contribution is 5.99. The maximum Gasteiger partial charge on any atom is 0.254 e. The molecule has 0 unspecified atom stereocenters. The van der Waals surface area contributed by atoms with Crippen molar-refractivity contribution in [3.63, 3.8) is 0 Å². The lowest BCUT2D eigenvalue weighted by molar-refractivity contribution is -0.117. The molecule has 6 heteroatoms. The van der Waals surface area contributed by atoms with Gasteiger partial charge < -0.3 is 10.2 Å². The SMILES string of the molecule is Cc1ccc(-n2nc(C(C)(C)C)cc2NC(=O)CN(CC(C)C)C(=O)c2ccc(C(C)(C)C)cc2)cc1. The van der Waals surface area contributed by atoms with Crippen molar-refractivity contribution in [3.05, 3.63) is 77.0 Å². The van der Waals surface area contributed by atoms with E-state index in [1.54, 1.807) is 9.58 Å². The van der Waals surface area contributed by atoms with Crippen LogP contribution >= 0.6 is 0 Å². The van der Waals surface area contributed by atoms with Crippen LogP contribution in [0.4, 0.5) is 5.82 Å². The Balaban J connectivity index is 1.85. The van der Waals surface area contributed by atoms with Crippen LogP contribution in [0.15, 0.2) is 54.6 Å². The molecule has 0 aliphatic rings. The number of hydrogen-bond donors (Lipinski definition) is 1. The van der Waals surface area contributed by atoms with Crippen molar-refractivity contribution in [2.45, 2.75) is 73.1 Å². The lowest BCUT2D eigenvalue weighted by Gasteiger charge is -2.25. The van der Waals surface area contributed by atoms with Crippen molar-refractivity contribution in [3.8, 4) is 5.69 Å². The minimum Gasteiger partial charge on any atom is -0.329 e. The number of aromatic nitrogens is 2. The van der Waals surface area contributed by atoms with E-state index in [1.165, 1.54) is 0 Å². The largest absolute Gasteiger partial charge is 0.329 e. The Morgan fingerprint density at radius 2 is 1.51 bits per heavy atom. The number of nitrogens with zero attached hydrogens (tertiary/aromatic N) is 3. The summed E-state index contributed by atoms with van der Waals surface area (Å²) in [7, 11) is 0. The van der Waals surface area contributed by atoms with Crippen molar-refractivity contribution < 1.29 is 9.59 Å². The summed E-state index contributed by atoms with van der Waals surface area (Å²) in [6.45, 7) is 19.3. The van der Waals surface area contributed by atoms with E-state index >= 15 is 0 Å². The lowest BCUT2D eigenvalue weighted by Crippen LogP contribution is -2.40. The van der Waals surface area contributed by atoms with E-state index in [2.05, 4.69) is 46.9 Å². The molecule has 37 heavy (non-hydrogen) atoms. The topological polar surface area (TPSA) is 67.2 Å². The number of aryl methyl sites for hydroxylation is 1. The summed E-state index contributed by atoms with van der Waals surface area (Å²) in [5, 5.41) is 7.82. The standard InChI is InChI=1S/C31H42N4O2/c1-21(2)19-34(29(37)23-12-14-24(15-13-23)30(4,5)6)20-28(36)32-27-18-26(31(7,8)9)33-35(27)25-16-10-22(3)11-17-25/h10-18,21H,19-20H2,1-9H3,(H,32,36). The second kappa shape index (κ2) is 10.9. The minimum atomic E-state index is -0.256. The second-order valence-corrected chi connectivity index (χ2v) is 12.4. The number of hydrogen-bond acceptors (Lipinski definition) is 3. The highest BCUT2D eigenvalue weighted by Crippen LogP contribution is 2.27. The molecule has 6 nitrogen and oxygen atoms in total. The van der Waals surface area contributed by atoms with Crippen LogP contribution in [0.3, 0.4) is 0 Å². The molecule has 0 bridgehead atoms. The molecule has 0 spiro atoms. The summed E-state index contributed by atoms with van der Waals surface area (Å²) >= 11 is 0. The van der Waals surface area contributed by atoms with Crippen LogP contribution in [-0.4, -0.2) is 39.6 Å². The highest BCUT2D eigenvalue weighted by Gasteiger charge is 2.24. The number of amides is 2. The van der Waals surface area contributed by atoms with Crippen LogP contribution in [0, 0.1) is 12.8 Å². The zero-order valence-electron chi connectivity index (χ0n) is 23.8. The third kappa shape index (κ3) is 7.31. The monoisotopic (exact) mass is 502 g/mol. The second-order valence-electron chi connectivity index (χ2n) is 12.4. The summed E-state index contributed by atoms with van der Waals surface area (Å²) in [6.07, 6.45) is 0. The summed E-state index contributed by atoms with van der Waals surface area (Å²) < 4.78 is 1.76. The predicted octanol–water partition coefficient (Wildman–Crippen LogP) is 6.51. The molecule has 2 aromatic carbocycles. The molecular weight excluding hydrogens is 460 g/mol. The van der Waals surface area contributed by atoms with Crippen molar-refractivity contribution in [1.29, 1.82) is 0 Å². The fourth-order valence-electron chi connectivity index (χ4n) is 4.03. The van der Waals surface area contributed by atoms with Gasteiger partial charge in [-0.2, -0.15) is 5.10 Å². The van der Waals surface area contributed by atoms with Gasteiger partial charge in [0.05, 0.1) is 11.4 Å². The molecule has 0 saturated carbocycles. The lowest BCUT2D eigenvalue weighted by atomic mass is 9.86. The van der Waals surface area contributed by atoms with Crippen molar-refractivity contribution in [1.82, 2.24) is 14.7 Å². The van der Waals surface area contributed by atoms with E-state index in [4.69, 9.17) is 5.10 Å². The number of anilines is 1. The first-order valence-electron chi connectivity index (χ1n) is 13.0. The molecule has 2 amide bonds. The molecule has 1 heterocycles. The average Bonchev–Trinajstić information content (AvgIpc) is 3.22. The third-order valence-corrected chi connectivity index (χ3v) is 6.23. The molecule has 0 radical (unpaired) electrons. The fourth-order valence-corrected chi connectivity index (χ4v) is 4.03. The van der Waals surface area contributed by atoms with Gasteiger partial charge in [-0.15, -0.1) is 0 Å². The number of benzene rings is 2. The van der Waals surface area contributed by atoms with Crippen molar-refractivity contribution in [2.24, 2.45) is 5.92 Å². The van der Waals surface area contributed by atoms with Gasteiger partial charge >= 0.3 is 0 Å². The quantitative estimate of drug-likeness (QED) is 0.400. The molecule has 1 N–H and O–H groups in total. The first-order chi connectivity index (χ1) is 17.1. The molecule has 0 saturated heterocycles. The van der Waals surface area contributed by atoms with E-state index in [0.29, 0.717) is 17.9 Å². The van der Waals surface area contributed by atoms with Gasteiger partial charge in [-0.1, -0.05) is 85.2 Å². The molecule has 3 aromatic rings. The number of carbonyl (C=O) groups is 2. The maximum atomic E-state index is 13.4. The average molecular weight is 503 g/mol. The number of rotatable bonds is 7. The van der Waals surface area contributed by atoms with Crippen LogP contribution < -0.4 is 5.32 Å². The molecule has 3 rings (SSSR count). The number of nitrogens with one attached hydrogen (secondary N) is 1.